The van der Waals surface area contributed by atoms with E-state index in [-0.39, 0.29) is 5.91 Å². The van der Waals surface area contributed by atoms with Crippen LogP contribution in [0.3, 0.4) is 0 Å². The molecule has 2 heterocycles. The molecule has 1 atom stereocenters. The zero-order chi connectivity index (χ0) is 13.8. The molecule has 2 N–H and O–H groups in total. The van der Waals surface area contributed by atoms with Crippen LogP contribution in [0.5, 0.6) is 0 Å². The Kier molecular flexibility index (Phi) is 4.58. The first kappa shape index (κ1) is 14.1. The van der Waals surface area contributed by atoms with Gasteiger partial charge in [-0.25, -0.2) is 4.98 Å². The van der Waals surface area contributed by atoms with Gasteiger partial charge < -0.3 is 15.2 Å². The highest BCUT2D eigenvalue weighted by Gasteiger charge is 2.23. The maximum atomic E-state index is 12.3. The molecule has 1 aliphatic rings. The first-order chi connectivity index (χ1) is 9.10. The first-order valence-corrected chi connectivity index (χ1v) is 7.08. The van der Waals surface area contributed by atoms with E-state index in [1.54, 1.807) is 6.20 Å². The van der Waals surface area contributed by atoms with Crippen molar-refractivity contribution in [3.8, 4) is 0 Å². The van der Waals surface area contributed by atoms with Gasteiger partial charge in [-0.1, -0.05) is 13.8 Å². The second-order valence-electron chi connectivity index (χ2n) is 5.79. The zero-order valence-corrected chi connectivity index (χ0v) is 11.9. The van der Waals surface area contributed by atoms with Gasteiger partial charge >= 0.3 is 0 Å². The SMILES string of the molecule is CC(C)C[C@H](CN)CC(=O)N1CCn2ccnc2C1. The molecular weight excluding hydrogens is 240 g/mol. The van der Waals surface area contributed by atoms with E-state index in [0.717, 1.165) is 25.3 Å². The number of nitrogens with zero attached hydrogens (tertiary/aromatic N) is 3. The molecular formula is C14H24N4O. The average molecular weight is 264 g/mol. The topological polar surface area (TPSA) is 64.2 Å². The van der Waals surface area contributed by atoms with Gasteiger partial charge in [-0.15, -0.1) is 0 Å². The van der Waals surface area contributed by atoms with Crippen molar-refractivity contribution in [1.82, 2.24) is 14.5 Å². The summed E-state index contributed by atoms with van der Waals surface area (Å²) >= 11 is 0. The number of rotatable bonds is 5. The summed E-state index contributed by atoms with van der Waals surface area (Å²) in [5.74, 6) is 2.08. The number of carbonyl (C=O) groups is 1. The first-order valence-electron chi connectivity index (χ1n) is 7.08. The zero-order valence-electron chi connectivity index (χ0n) is 11.9. The number of amides is 1. The van der Waals surface area contributed by atoms with Gasteiger partial charge in [0.05, 0.1) is 6.54 Å². The Morgan fingerprint density at radius 3 is 2.95 bits per heavy atom. The van der Waals surface area contributed by atoms with E-state index >= 15 is 0 Å². The molecule has 1 amide bonds. The Labute approximate surface area is 114 Å². The lowest BCUT2D eigenvalue weighted by Gasteiger charge is -2.29. The van der Waals surface area contributed by atoms with Gasteiger partial charge in [-0.2, -0.15) is 0 Å². The molecule has 0 fully saturated rings. The van der Waals surface area contributed by atoms with E-state index in [2.05, 4.69) is 23.4 Å². The maximum Gasteiger partial charge on any atom is 0.223 e. The minimum absolute atomic E-state index is 0.213. The van der Waals surface area contributed by atoms with E-state index in [4.69, 9.17) is 5.73 Å². The highest BCUT2D eigenvalue weighted by molar-refractivity contribution is 5.76. The summed E-state index contributed by atoms with van der Waals surface area (Å²) in [5, 5.41) is 0. The third-order valence-corrected chi connectivity index (χ3v) is 3.70. The Bertz CT molecular complexity index is 427. The summed E-state index contributed by atoms with van der Waals surface area (Å²) in [6, 6.07) is 0. The van der Waals surface area contributed by atoms with Crippen LogP contribution in [0.2, 0.25) is 0 Å². The van der Waals surface area contributed by atoms with E-state index in [9.17, 15) is 4.79 Å². The van der Waals surface area contributed by atoms with Crippen LogP contribution in [0.4, 0.5) is 0 Å². The molecule has 0 aromatic carbocycles. The van der Waals surface area contributed by atoms with Gasteiger partial charge in [0.25, 0.3) is 0 Å². The van der Waals surface area contributed by atoms with Crippen LogP contribution in [-0.2, 0) is 17.9 Å². The fraction of sp³-hybridized carbons (Fsp3) is 0.714. The predicted octanol–water partition coefficient (Wildman–Crippen LogP) is 1.24. The Balaban J connectivity index is 1.90. The Morgan fingerprint density at radius 1 is 1.47 bits per heavy atom. The highest BCUT2D eigenvalue weighted by Crippen LogP contribution is 2.18. The van der Waals surface area contributed by atoms with Crippen LogP contribution in [0.1, 0.15) is 32.5 Å². The standard InChI is InChI=1S/C14H24N4O/c1-11(2)7-12(9-15)8-14(19)18-6-5-17-4-3-16-13(17)10-18/h3-4,11-12H,5-10,15H2,1-2H3/t12-/m0/s1. The van der Waals surface area contributed by atoms with Crippen LogP contribution < -0.4 is 5.73 Å². The van der Waals surface area contributed by atoms with Crippen molar-refractivity contribution in [3.05, 3.63) is 18.2 Å². The summed E-state index contributed by atoms with van der Waals surface area (Å²) in [6.45, 7) is 7.19. The molecule has 0 bridgehead atoms. The molecule has 1 aromatic rings. The molecule has 106 valence electrons. The van der Waals surface area contributed by atoms with E-state index in [0.29, 0.717) is 31.3 Å². The third kappa shape index (κ3) is 3.56. The van der Waals surface area contributed by atoms with Gasteiger partial charge in [0, 0.05) is 31.9 Å². The fourth-order valence-electron chi connectivity index (χ4n) is 2.69. The van der Waals surface area contributed by atoms with Crippen molar-refractivity contribution in [1.29, 1.82) is 0 Å². The van der Waals surface area contributed by atoms with Crippen molar-refractivity contribution in [3.63, 3.8) is 0 Å². The molecule has 0 saturated carbocycles. The lowest BCUT2D eigenvalue weighted by atomic mass is 9.93. The summed E-state index contributed by atoms with van der Waals surface area (Å²) in [7, 11) is 0. The third-order valence-electron chi connectivity index (χ3n) is 3.70. The monoisotopic (exact) mass is 264 g/mol. The van der Waals surface area contributed by atoms with E-state index < -0.39 is 0 Å². The van der Waals surface area contributed by atoms with Crippen LogP contribution in [0.15, 0.2) is 12.4 Å². The second kappa shape index (κ2) is 6.19. The molecule has 1 aliphatic heterocycles. The van der Waals surface area contributed by atoms with Crippen molar-refractivity contribution in [2.75, 3.05) is 13.1 Å². The molecule has 0 saturated heterocycles. The summed E-state index contributed by atoms with van der Waals surface area (Å²) in [6.07, 6.45) is 5.35. The largest absolute Gasteiger partial charge is 0.333 e. The van der Waals surface area contributed by atoms with Crippen molar-refractivity contribution < 1.29 is 4.79 Å². The lowest BCUT2D eigenvalue weighted by molar-refractivity contribution is -0.133. The summed E-state index contributed by atoms with van der Waals surface area (Å²) in [4.78, 5) is 18.5. The number of hydrogen-bond acceptors (Lipinski definition) is 3. The molecule has 0 radical (unpaired) electrons. The van der Waals surface area contributed by atoms with Crippen molar-refractivity contribution in [2.45, 2.75) is 39.8 Å². The summed E-state index contributed by atoms with van der Waals surface area (Å²) in [5.41, 5.74) is 5.77. The molecule has 5 heteroatoms. The van der Waals surface area contributed by atoms with Gasteiger partial charge in [0.2, 0.25) is 5.91 Å². The van der Waals surface area contributed by atoms with Crippen molar-refractivity contribution in [2.24, 2.45) is 17.6 Å². The molecule has 0 aliphatic carbocycles. The number of imidazole rings is 1. The maximum absolute atomic E-state index is 12.3. The molecule has 19 heavy (non-hydrogen) atoms. The number of nitrogens with two attached hydrogens (primary N) is 1. The second-order valence-corrected chi connectivity index (χ2v) is 5.79. The number of aromatic nitrogens is 2. The smallest absolute Gasteiger partial charge is 0.223 e. The minimum atomic E-state index is 0.213. The van der Waals surface area contributed by atoms with Crippen LogP contribution in [0, 0.1) is 11.8 Å². The van der Waals surface area contributed by atoms with E-state index in [1.165, 1.54) is 0 Å². The highest BCUT2D eigenvalue weighted by atomic mass is 16.2. The summed E-state index contributed by atoms with van der Waals surface area (Å²) < 4.78 is 2.11. The Morgan fingerprint density at radius 2 is 2.26 bits per heavy atom. The van der Waals surface area contributed by atoms with Gasteiger partial charge in [0.15, 0.2) is 0 Å². The number of fused-ring (bicyclic) bond motifs is 1. The molecule has 0 spiro atoms. The van der Waals surface area contributed by atoms with Crippen molar-refractivity contribution >= 4 is 5.91 Å². The van der Waals surface area contributed by atoms with Gasteiger partial charge in [0.1, 0.15) is 5.82 Å². The van der Waals surface area contributed by atoms with Crippen LogP contribution in [0.25, 0.3) is 0 Å². The number of carbonyl (C=O) groups excluding carboxylic acids is 1. The van der Waals surface area contributed by atoms with Crippen LogP contribution in [-0.4, -0.2) is 33.4 Å². The molecule has 5 nitrogen and oxygen atoms in total. The number of hydrogen-bond donors (Lipinski definition) is 1. The fourth-order valence-corrected chi connectivity index (χ4v) is 2.69. The minimum Gasteiger partial charge on any atom is -0.333 e. The quantitative estimate of drug-likeness (QED) is 0.870. The normalized spacial score (nSPS) is 16.5. The average Bonchev–Trinajstić information content (AvgIpc) is 2.84. The molecule has 1 aromatic heterocycles. The van der Waals surface area contributed by atoms with Gasteiger partial charge in [-0.05, 0) is 24.8 Å². The van der Waals surface area contributed by atoms with E-state index in [1.807, 2.05) is 11.1 Å². The van der Waals surface area contributed by atoms with Crippen LogP contribution >= 0.6 is 0 Å². The lowest BCUT2D eigenvalue weighted by Crippen LogP contribution is -2.39. The Hall–Kier alpha value is -1.36. The molecule has 0 unspecified atom stereocenters. The molecule has 2 rings (SSSR count). The predicted molar refractivity (Wildman–Crippen MR) is 74.3 cm³/mol. The van der Waals surface area contributed by atoms with Gasteiger partial charge in [-0.3, -0.25) is 4.79 Å².